The minimum absolute atomic E-state index is 0.119. The molecule has 2 aromatic carbocycles. The Labute approximate surface area is 129 Å². The standard InChI is InChI=1S/C17H10F3NO2/c18-10-5-6-14(13(20)9-10)21-17(22)16-8-7-15(23-16)11-3-1-2-4-12(11)19/h1-9H,(H,21,22). The van der Waals surface area contributed by atoms with Gasteiger partial charge in [0, 0.05) is 6.07 Å². The number of benzene rings is 2. The molecule has 3 aromatic rings. The average molecular weight is 317 g/mol. The maximum absolute atomic E-state index is 13.7. The van der Waals surface area contributed by atoms with Gasteiger partial charge in [0.25, 0.3) is 5.91 Å². The molecule has 3 rings (SSSR count). The predicted molar refractivity (Wildman–Crippen MR) is 78.4 cm³/mol. The van der Waals surface area contributed by atoms with Gasteiger partial charge in [0.2, 0.25) is 0 Å². The number of furan rings is 1. The minimum Gasteiger partial charge on any atom is -0.451 e. The van der Waals surface area contributed by atoms with E-state index in [0.29, 0.717) is 6.07 Å². The molecular formula is C17H10F3NO2. The highest BCUT2D eigenvalue weighted by atomic mass is 19.1. The molecule has 116 valence electrons. The number of rotatable bonds is 3. The lowest BCUT2D eigenvalue weighted by Gasteiger charge is -2.04. The van der Waals surface area contributed by atoms with Crippen molar-refractivity contribution in [1.82, 2.24) is 0 Å². The molecule has 1 heterocycles. The molecule has 3 nitrogen and oxygen atoms in total. The van der Waals surface area contributed by atoms with Gasteiger partial charge in [-0.15, -0.1) is 0 Å². The van der Waals surface area contributed by atoms with Crippen molar-refractivity contribution in [2.75, 3.05) is 5.32 Å². The van der Waals surface area contributed by atoms with Gasteiger partial charge in [-0.2, -0.15) is 0 Å². The van der Waals surface area contributed by atoms with Crippen LogP contribution in [-0.4, -0.2) is 5.91 Å². The summed E-state index contributed by atoms with van der Waals surface area (Å²) < 4.78 is 45.3. The first-order chi connectivity index (χ1) is 11.0. The predicted octanol–water partition coefficient (Wildman–Crippen LogP) is 4.62. The van der Waals surface area contributed by atoms with E-state index in [2.05, 4.69) is 5.32 Å². The molecule has 1 amide bonds. The molecule has 1 aromatic heterocycles. The number of amides is 1. The first kappa shape index (κ1) is 14.9. The summed E-state index contributed by atoms with van der Waals surface area (Å²) in [7, 11) is 0. The van der Waals surface area contributed by atoms with E-state index in [4.69, 9.17) is 4.42 Å². The number of halogens is 3. The molecule has 0 aliphatic heterocycles. The first-order valence-electron chi connectivity index (χ1n) is 6.66. The highest BCUT2D eigenvalue weighted by molar-refractivity contribution is 6.02. The van der Waals surface area contributed by atoms with Gasteiger partial charge in [-0.3, -0.25) is 4.79 Å². The second kappa shape index (κ2) is 6.00. The molecule has 1 N–H and O–H groups in total. The highest BCUT2D eigenvalue weighted by Crippen LogP contribution is 2.25. The van der Waals surface area contributed by atoms with Crippen LogP contribution in [0.5, 0.6) is 0 Å². The van der Waals surface area contributed by atoms with Crippen molar-refractivity contribution in [2.24, 2.45) is 0 Å². The third-order valence-corrected chi connectivity index (χ3v) is 3.15. The topological polar surface area (TPSA) is 42.2 Å². The monoisotopic (exact) mass is 317 g/mol. The fourth-order valence-corrected chi connectivity index (χ4v) is 2.04. The van der Waals surface area contributed by atoms with Crippen molar-refractivity contribution in [1.29, 1.82) is 0 Å². The fraction of sp³-hybridized carbons (Fsp3) is 0. The van der Waals surface area contributed by atoms with Gasteiger partial charge in [0.05, 0.1) is 11.3 Å². The lowest BCUT2D eigenvalue weighted by Crippen LogP contribution is -2.12. The Balaban J connectivity index is 1.83. The van der Waals surface area contributed by atoms with Gasteiger partial charge in [-0.25, -0.2) is 13.2 Å². The van der Waals surface area contributed by atoms with Crippen molar-refractivity contribution in [3.05, 3.63) is 77.8 Å². The maximum atomic E-state index is 13.7. The summed E-state index contributed by atoms with van der Waals surface area (Å²) in [6, 6.07) is 11.5. The lowest BCUT2D eigenvalue weighted by atomic mass is 10.1. The molecule has 0 fully saturated rings. The number of carbonyl (C=O) groups is 1. The van der Waals surface area contributed by atoms with Crippen LogP contribution >= 0.6 is 0 Å². The van der Waals surface area contributed by atoms with Gasteiger partial charge in [0.1, 0.15) is 23.2 Å². The number of anilines is 1. The molecule has 6 heteroatoms. The van der Waals surface area contributed by atoms with E-state index < -0.39 is 23.4 Å². The quantitative estimate of drug-likeness (QED) is 0.766. The number of hydrogen-bond donors (Lipinski definition) is 1. The lowest BCUT2D eigenvalue weighted by molar-refractivity contribution is 0.0997. The Bertz CT molecular complexity index is 874. The van der Waals surface area contributed by atoms with E-state index in [1.54, 1.807) is 6.07 Å². The van der Waals surface area contributed by atoms with Crippen LogP contribution < -0.4 is 5.32 Å². The molecule has 0 unspecified atom stereocenters. The van der Waals surface area contributed by atoms with Gasteiger partial charge in [-0.1, -0.05) is 12.1 Å². The number of nitrogens with one attached hydrogen (secondary N) is 1. The van der Waals surface area contributed by atoms with Crippen LogP contribution in [0, 0.1) is 17.5 Å². The number of hydrogen-bond acceptors (Lipinski definition) is 2. The van der Waals surface area contributed by atoms with Crippen LogP contribution in [0.25, 0.3) is 11.3 Å². The zero-order valence-corrected chi connectivity index (χ0v) is 11.6. The van der Waals surface area contributed by atoms with Crippen LogP contribution in [0.1, 0.15) is 10.6 Å². The SMILES string of the molecule is O=C(Nc1ccc(F)cc1F)c1ccc(-c2ccccc2F)o1. The highest BCUT2D eigenvalue weighted by Gasteiger charge is 2.16. The van der Waals surface area contributed by atoms with Crippen molar-refractivity contribution in [3.63, 3.8) is 0 Å². The normalized spacial score (nSPS) is 10.6. The summed E-state index contributed by atoms with van der Waals surface area (Å²) in [4.78, 5) is 12.0. The van der Waals surface area contributed by atoms with Crippen LogP contribution in [0.15, 0.2) is 59.0 Å². The zero-order chi connectivity index (χ0) is 16.4. The average Bonchev–Trinajstić information content (AvgIpc) is 3.00. The summed E-state index contributed by atoms with van der Waals surface area (Å²) in [5, 5.41) is 2.27. The molecule has 0 saturated heterocycles. The molecule has 0 saturated carbocycles. The van der Waals surface area contributed by atoms with Gasteiger partial charge in [0.15, 0.2) is 5.76 Å². The van der Waals surface area contributed by atoms with Gasteiger partial charge < -0.3 is 9.73 Å². The molecule has 0 radical (unpaired) electrons. The van der Waals surface area contributed by atoms with Gasteiger partial charge in [-0.05, 0) is 36.4 Å². The minimum atomic E-state index is -0.903. The molecule has 0 spiro atoms. The third kappa shape index (κ3) is 3.11. The fourth-order valence-electron chi connectivity index (χ4n) is 2.04. The van der Waals surface area contributed by atoms with Crippen LogP contribution in [-0.2, 0) is 0 Å². The molecule has 23 heavy (non-hydrogen) atoms. The third-order valence-electron chi connectivity index (χ3n) is 3.15. The largest absolute Gasteiger partial charge is 0.451 e. The molecule has 0 bridgehead atoms. The zero-order valence-electron chi connectivity index (χ0n) is 11.6. The summed E-state index contributed by atoms with van der Waals surface area (Å²) in [5.41, 5.74) is 0.0276. The van der Waals surface area contributed by atoms with E-state index >= 15 is 0 Å². The number of carbonyl (C=O) groups excluding carboxylic acids is 1. The molecule has 0 aliphatic rings. The van der Waals surface area contributed by atoms with Crippen molar-refractivity contribution < 1.29 is 22.4 Å². The maximum Gasteiger partial charge on any atom is 0.291 e. The Morgan fingerprint density at radius 3 is 2.43 bits per heavy atom. The first-order valence-corrected chi connectivity index (χ1v) is 6.66. The molecular weight excluding hydrogens is 307 g/mol. The Hall–Kier alpha value is -3.02. The molecule has 0 aliphatic carbocycles. The second-order valence-corrected chi connectivity index (χ2v) is 4.72. The van der Waals surface area contributed by atoms with Crippen molar-refractivity contribution in [2.45, 2.75) is 0 Å². The van der Waals surface area contributed by atoms with E-state index in [-0.39, 0.29) is 22.8 Å². The van der Waals surface area contributed by atoms with Crippen LogP contribution in [0.2, 0.25) is 0 Å². The van der Waals surface area contributed by atoms with Crippen LogP contribution in [0.3, 0.4) is 0 Å². The Morgan fingerprint density at radius 1 is 0.913 bits per heavy atom. The molecule has 0 atom stereocenters. The Kier molecular flexibility index (Phi) is 3.89. The Morgan fingerprint density at radius 2 is 1.70 bits per heavy atom. The van der Waals surface area contributed by atoms with E-state index in [1.165, 1.54) is 30.3 Å². The summed E-state index contributed by atoms with van der Waals surface area (Å²) in [5.74, 6) is -2.81. The van der Waals surface area contributed by atoms with Crippen molar-refractivity contribution in [3.8, 4) is 11.3 Å². The van der Waals surface area contributed by atoms with Crippen LogP contribution in [0.4, 0.5) is 18.9 Å². The summed E-state index contributed by atoms with van der Waals surface area (Å²) >= 11 is 0. The second-order valence-electron chi connectivity index (χ2n) is 4.72. The van der Waals surface area contributed by atoms with E-state index in [1.807, 2.05) is 0 Å². The van der Waals surface area contributed by atoms with Gasteiger partial charge >= 0.3 is 0 Å². The van der Waals surface area contributed by atoms with Crippen molar-refractivity contribution >= 4 is 11.6 Å². The summed E-state index contributed by atoms with van der Waals surface area (Å²) in [6.45, 7) is 0. The van der Waals surface area contributed by atoms with E-state index in [9.17, 15) is 18.0 Å². The smallest absolute Gasteiger partial charge is 0.291 e. The van der Waals surface area contributed by atoms with E-state index in [0.717, 1.165) is 12.1 Å². The summed E-state index contributed by atoms with van der Waals surface area (Å²) in [6.07, 6.45) is 0.